The molecule has 0 fully saturated rings. The molecule has 2 heterocycles. The molecule has 3 rings (SSSR count). The van der Waals surface area contributed by atoms with Gasteiger partial charge in [0.25, 0.3) is 0 Å². The fraction of sp³-hybridized carbons (Fsp3) is 0.238. The number of ether oxygens (including phenoxy) is 2. The van der Waals surface area contributed by atoms with Crippen molar-refractivity contribution < 1.29 is 19.1 Å². The minimum Gasteiger partial charge on any atom is -0.462 e. The Hall–Kier alpha value is -3.48. The van der Waals surface area contributed by atoms with Crippen molar-refractivity contribution in [3.63, 3.8) is 0 Å². The van der Waals surface area contributed by atoms with E-state index in [1.807, 2.05) is 30.3 Å². The van der Waals surface area contributed by atoms with Gasteiger partial charge < -0.3 is 9.47 Å². The molecule has 0 saturated carbocycles. The number of rotatable bonds is 4. The van der Waals surface area contributed by atoms with Gasteiger partial charge in [0.05, 0.1) is 23.2 Å². The lowest BCUT2D eigenvalue weighted by Crippen LogP contribution is -2.25. The number of pyridine rings is 2. The van der Waals surface area contributed by atoms with Crippen LogP contribution in [0.2, 0.25) is 0 Å². The van der Waals surface area contributed by atoms with E-state index in [4.69, 9.17) is 9.47 Å². The minimum absolute atomic E-state index is 0.0559. The topological polar surface area (TPSA) is 87.5 Å². The molecule has 0 atom stereocenters. The lowest BCUT2D eigenvalue weighted by molar-refractivity contribution is 0.0524. The molecule has 0 aliphatic carbocycles. The van der Waals surface area contributed by atoms with Crippen LogP contribution in [0.15, 0.2) is 47.4 Å². The molecule has 0 unspecified atom stereocenters. The SMILES string of the molecule is CCOC(=O)c1cn(C(=O)OCc2ccccc2)c2c(C)nc(C)cc2c1=O. The number of esters is 1. The van der Waals surface area contributed by atoms with Crippen molar-refractivity contribution in [1.29, 1.82) is 0 Å². The summed E-state index contributed by atoms with van der Waals surface area (Å²) in [4.78, 5) is 42.1. The number of aryl methyl sites for hydroxylation is 2. The lowest BCUT2D eigenvalue weighted by Gasteiger charge is -2.14. The van der Waals surface area contributed by atoms with Gasteiger partial charge in [0.2, 0.25) is 5.43 Å². The van der Waals surface area contributed by atoms with Crippen molar-refractivity contribution in [2.45, 2.75) is 27.4 Å². The van der Waals surface area contributed by atoms with Gasteiger partial charge in [-0.1, -0.05) is 30.3 Å². The molecule has 28 heavy (non-hydrogen) atoms. The van der Waals surface area contributed by atoms with Crippen molar-refractivity contribution in [2.75, 3.05) is 6.61 Å². The molecule has 3 aromatic rings. The van der Waals surface area contributed by atoms with Gasteiger partial charge in [0.1, 0.15) is 12.2 Å². The van der Waals surface area contributed by atoms with Crippen molar-refractivity contribution in [2.24, 2.45) is 0 Å². The second-order valence-electron chi connectivity index (χ2n) is 6.25. The van der Waals surface area contributed by atoms with Gasteiger partial charge in [-0.05, 0) is 32.4 Å². The Balaban J connectivity index is 2.11. The van der Waals surface area contributed by atoms with Crippen molar-refractivity contribution in [3.8, 4) is 0 Å². The summed E-state index contributed by atoms with van der Waals surface area (Å²) in [6.45, 7) is 5.24. The number of hydrogen-bond donors (Lipinski definition) is 0. The number of carbonyl (C=O) groups excluding carboxylic acids is 2. The van der Waals surface area contributed by atoms with Crippen LogP contribution in [0, 0.1) is 13.8 Å². The quantitative estimate of drug-likeness (QED) is 0.645. The van der Waals surface area contributed by atoms with E-state index in [0.717, 1.165) is 10.1 Å². The first-order chi connectivity index (χ1) is 13.4. The Morgan fingerprint density at radius 1 is 1.11 bits per heavy atom. The summed E-state index contributed by atoms with van der Waals surface area (Å²) in [6, 6.07) is 10.8. The van der Waals surface area contributed by atoms with Crippen LogP contribution < -0.4 is 5.43 Å². The first-order valence-electron chi connectivity index (χ1n) is 8.84. The molecular formula is C21H20N2O5. The third-order valence-corrected chi connectivity index (χ3v) is 4.18. The number of benzene rings is 1. The van der Waals surface area contributed by atoms with Crippen molar-refractivity contribution in [3.05, 3.63) is 75.3 Å². The second-order valence-corrected chi connectivity index (χ2v) is 6.25. The van der Waals surface area contributed by atoms with Crippen LogP contribution in [-0.4, -0.2) is 28.2 Å². The predicted molar refractivity (Wildman–Crippen MR) is 103 cm³/mol. The average Bonchev–Trinajstić information content (AvgIpc) is 2.67. The molecule has 0 aliphatic heterocycles. The zero-order chi connectivity index (χ0) is 20.3. The largest absolute Gasteiger partial charge is 0.462 e. The molecule has 0 aliphatic rings. The van der Waals surface area contributed by atoms with Crippen LogP contribution in [0.25, 0.3) is 10.9 Å². The molecular weight excluding hydrogens is 360 g/mol. The molecule has 144 valence electrons. The van der Waals surface area contributed by atoms with E-state index < -0.39 is 17.5 Å². The Kier molecular flexibility index (Phi) is 5.54. The van der Waals surface area contributed by atoms with E-state index in [1.54, 1.807) is 26.8 Å². The summed E-state index contributed by atoms with van der Waals surface area (Å²) in [5.41, 5.74) is 1.48. The highest BCUT2D eigenvalue weighted by Crippen LogP contribution is 2.18. The van der Waals surface area contributed by atoms with Crippen molar-refractivity contribution in [1.82, 2.24) is 9.55 Å². The number of fused-ring (bicyclic) bond motifs is 1. The second kappa shape index (κ2) is 8.04. The van der Waals surface area contributed by atoms with E-state index >= 15 is 0 Å². The summed E-state index contributed by atoms with van der Waals surface area (Å²) < 4.78 is 11.5. The predicted octanol–water partition coefficient (Wildman–Crippen LogP) is 3.37. The highest BCUT2D eigenvalue weighted by atomic mass is 16.5. The fourth-order valence-corrected chi connectivity index (χ4v) is 2.98. The molecule has 0 saturated heterocycles. The standard InChI is InChI=1S/C21H20N2O5/c1-4-27-20(25)17-11-23(21(26)28-12-15-8-6-5-7-9-15)18-14(3)22-13(2)10-16(18)19(17)24/h5-11H,4,12H2,1-3H3. The van der Waals surface area contributed by atoms with Gasteiger partial charge in [-0.15, -0.1) is 0 Å². The summed E-state index contributed by atoms with van der Waals surface area (Å²) >= 11 is 0. The number of carbonyl (C=O) groups is 2. The van der Waals surface area contributed by atoms with Gasteiger partial charge >= 0.3 is 12.1 Å². The first-order valence-corrected chi connectivity index (χ1v) is 8.84. The molecule has 0 spiro atoms. The highest BCUT2D eigenvalue weighted by Gasteiger charge is 2.21. The van der Waals surface area contributed by atoms with E-state index in [2.05, 4.69) is 4.98 Å². The fourth-order valence-electron chi connectivity index (χ4n) is 2.98. The average molecular weight is 380 g/mol. The summed E-state index contributed by atoms with van der Waals surface area (Å²) in [5, 5.41) is 0.215. The zero-order valence-electron chi connectivity index (χ0n) is 15.9. The van der Waals surface area contributed by atoms with Crippen LogP contribution in [0.3, 0.4) is 0 Å². The van der Waals surface area contributed by atoms with Gasteiger partial charge in [-0.3, -0.25) is 9.78 Å². The first kappa shape index (κ1) is 19.3. The number of hydrogen-bond acceptors (Lipinski definition) is 6. The van der Waals surface area contributed by atoms with Gasteiger partial charge in [0, 0.05) is 11.9 Å². The third-order valence-electron chi connectivity index (χ3n) is 4.18. The Labute approximate surface area is 161 Å². The normalized spacial score (nSPS) is 10.7. The Morgan fingerprint density at radius 3 is 2.50 bits per heavy atom. The summed E-state index contributed by atoms with van der Waals surface area (Å²) in [5.74, 6) is -0.786. The van der Waals surface area contributed by atoms with Crippen LogP contribution in [0.5, 0.6) is 0 Å². The van der Waals surface area contributed by atoms with Crippen LogP contribution in [0.1, 0.15) is 34.2 Å². The van der Waals surface area contributed by atoms with E-state index in [0.29, 0.717) is 16.9 Å². The van der Waals surface area contributed by atoms with E-state index in [9.17, 15) is 14.4 Å². The van der Waals surface area contributed by atoms with E-state index in [-0.39, 0.29) is 24.2 Å². The molecule has 7 heteroatoms. The van der Waals surface area contributed by atoms with Gasteiger partial charge in [-0.2, -0.15) is 0 Å². The smallest absolute Gasteiger partial charge is 0.418 e. The van der Waals surface area contributed by atoms with Crippen LogP contribution in [-0.2, 0) is 16.1 Å². The zero-order valence-corrected chi connectivity index (χ0v) is 15.9. The number of aromatic nitrogens is 2. The maximum absolute atomic E-state index is 12.8. The minimum atomic E-state index is -0.786. The molecule has 2 aromatic heterocycles. The Bertz CT molecular complexity index is 1100. The third kappa shape index (κ3) is 3.78. The van der Waals surface area contributed by atoms with Gasteiger partial charge in [-0.25, -0.2) is 14.2 Å². The maximum atomic E-state index is 12.8. The monoisotopic (exact) mass is 380 g/mol. The molecule has 1 aromatic carbocycles. The lowest BCUT2D eigenvalue weighted by atomic mass is 10.1. The van der Waals surface area contributed by atoms with Crippen LogP contribution in [0.4, 0.5) is 4.79 Å². The molecule has 0 amide bonds. The molecule has 0 radical (unpaired) electrons. The number of nitrogens with zero attached hydrogens (tertiary/aromatic N) is 2. The van der Waals surface area contributed by atoms with Crippen molar-refractivity contribution >= 4 is 23.0 Å². The van der Waals surface area contributed by atoms with E-state index in [1.165, 1.54) is 6.20 Å². The molecule has 0 bridgehead atoms. The summed E-state index contributed by atoms with van der Waals surface area (Å²) in [6.07, 6.45) is 0.452. The van der Waals surface area contributed by atoms with Gasteiger partial charge in [0.15, 0.2) is 0 Å². The molecule has 0 N–H and O–H groups in total. The summed E-state index contributed by atoms with van der Waals surface area (Å²) in [7, 11) is 0. The highest BCUT2D eigenvalue weighted by molar-refractivity contribution is 5.97. The Morgan fingerprint density at radius 2 is 1.82 bits per heavy atom. The molecule has 7 nitrogen and oxygen atoms in total. The van der Waals surface area contributed by atoms with Crippen LogP contribution >= 0.6 is 0 Å². The maximum Gasteiger partial charge on any atom is 0.418 e.